The number of anilines is 3. The lowest BCUT2D eigenvalue weighted by Crippen LogP contribution is -2.49. The number of nitrogens with one attached hydrogen (secondary N) is 2. The van der Waals surface area contributed by atoms with Crippen molar-refractivity contribution in [3.63, 3.8) is 0 Å². The molecule has 0 radical (unpaired) electrons. The number of aryl methyl sites for hydroxylation is 1. The lowest BCUT2D eigenvalue weighted by atomic mass is 9.89. The van der Waals surface area contributed by atoms with Crippen LogP contribution in [0.15, 0.2) is 12.1 Å². The number of aromatic nitrogens is 2. The first-order chi connectivity index (χ1) is 14.3. The van der Waals surface area contributed by atoms with E-state index in [2.05, 4.69) is 20.6 Å². The molecule has 3 N–H and O–H groups in total. The summed E-state index contributed by atoms with van der Waals surface area (Å²) < 4.78 is 45.1. The molecule has 1 aromatic carbocycles. The SMILES string of the molecule is C.C.C.Cc1nc(NC2CC(Oc3cc(F)c(F)c(F)c3)C2)nc2c1NC(=O)[C@@H](CO)N2C. The predicted molar refractivity (Wildman–Crippen MR) is 122 cm³/mol. The lowest BCUT2D eigenvalue weighted by Gasteiger charge is -2.37. The van der Waals surface area contributed by atoms with Crippen molar-refractivity contribution in [2.45, 2.75) is 60.2 Å². The molecule has 0 unspecified atom stereocenters. The third kappa shape index (κ3) is 5.29. The first-order valence-electron chi connectivity index (χ1n) is 9.37. The minimum atomic E-state index is -1.53. The maximum atomic E-state index is 13.3. The zero-order valence-electron chi connectivity index (χ0n) is 16.2. The third-order valence-corrected chi connectivity index (χ3v) is 5.28. The largest absolute Gasteiger partial charge is 0.490 e. The Morgan fingerprint density at radius 3 is 2.36 bits per heavy atom. The summed E-state index contributed by atoms with van der Waals surface area (Å²) in [5.41, 5.74) is 1.07. The summed E-state index contributed by atoms with van der Waals surface area (Å²) in [6.07, 6.45) is 0.781. The highest BCUT2D eigenvalue weighted by atomic mass is 19.2. The van der Waals surface area contributed by atoms with Crippen LogP contribution in [0.25, 0.3) is 0 Å². The monoisotopic (exact) mass is 471 g/mol. The maximum Gasteiger partial charge on any atom is 0.249 e. The van der Waals surface area contributed by atoms with Gasteiger partial charge in [0.2, 0.25) is 11.9 Å². The molecule has 1 atom stereocenters. The van der Waals surface area contributed by atoms with Gasteiger partial charge in [-0.05, 0) is 6.92 Å². The van der Waals surface area contributed by atoms with E-state index in [0.717, 1.165) is 12.1 Å². The Kier molecular flexibility index (Phi) is 9.06. The molecule has 8 nitrogen and oxygen atoms in total. The second kappa shape index (κ2) is 10.7. The fraction of sp³-hybridized carbons (Fsp3) is 0.500. The normalized spacial score (nSPS) is 20.7. The quantitative estimate of drug-likeness (QED) is 0.569. The van der Waals surface area contributed by atoms with Gasteiger partial charge in [-0.2, -0.15) is 4.98 Å². The predicted octanol–water partition coefficient (Wildman–Crippen LogP) is 3.88. The van der Waals surface area contributed by atoms with Crippen LogP contribution >= 0.6 is 0 Å². The molecule has 2 heterocycles. The van der Waals surface area contributed by atoms with Crippen LogP contribution < -0.4 is 20.3 Å². The van der Waals surface area contributed by atoms with Crippen LogP contribution in [0.2, 0.25) is 0 Å². The molecule has 1 saturated carbocycles. The van der Waals surface area contributed by atoms with E-state index < -0.39 is 23.5 Å². The number of aliphatic hydroxyl groups is 1. The molecule has 1 aromatic heterocycles. The molecule has 184 valence electrons. The van der Waals surface area contributed by atoms with Gasteiger partial charge in [-0.1, -0.05) is 22.3 Å². The van der Waals surface area contributed by atoms with Crippen molar-refractivity contribution < 1.29 is 27.8 Å². The zero-order valence-corrected chi connectivity index (χ0v) is 16.2. The average molecular weight is 472 g/mol. The number of fused-ring (bicyclic) bond motifs is 1. The molecule has 2 aliphatic rings. The van der Waals surface area contributed by atoms with Gasteiger partial charge in [0.1, 0.15) is 23.6 Å². The van der Waals surface area contributed by atoms with Crippen molar-refractivity contribution in [1.82, 2.24) is 9.97 Å². The number of halogens is 3. The van der Waals surface area contributed by atoms with E-state index in [0.29, 0.717) is 36.0 Å². The molecule has 2 aromatic rings. The van der Waals surface area contributed by atoms with Gasteiger partial charge in [0.15, 0.2) is 23.3 Å². The molecule has 1 aliphatic carbocycles. The van der Waals surface area contributed by atoms with Crippen LogP contribution in [-0.4, -0.2) is 52.8 Å². The van der Waals surface area contributed by atoms with Gasteiger partial charge in [0.25, 0.3) is 0 Å². The maximum absolute atomic E-state index is 13.3. The number of ether oxygens (including phenoxy) is 1. The molecule has 0 spiro atoms. The number of aliphatic hydroxyl groups excluding tert-OH is 1. The van der Waals surface area contributed by atoms with Gasteiger partial charge < -0.3 is 25.4 Å². The van der Waals surface area contributed by atoms with Crippen molar-refractivity contribution in [2.75, 3.05) is 29.2 Å². The highest BCUT2D eigenvalue weighted by Gasteiger charge is 2.35. The summed E-state index contributed by atoms with van der Waals surface area (Å²) in [6.45, 7) is 1.39. The molecule has 0 saturated heterocycles. The second-order valence-electron chi connectivity index (χ2n) is 7.38. The lowest BCUT2D eigenvalue weighted by molar-refractivity contribution is -0.118. The van der Waals surface area contributed by atoms with Gasteiger partial charge in [-0.15, -0.1) is 0 Å². The molecule has 4 rings (SSSR count). The van der Waals surface area contributed by atoms with E-state index in [1.165, 1.54) is 0 Å². The minimum Gasteiger partial charge on any atom is -0.490 e. The molecule has 1 fully saturated rings. The highest BCUT2D eigenvalue weighted by Crippen LogP contribution is 2.34. The van der Waals surface area contributed by atoms with Crippen molar-refractivity contribution >= 4 is 23.4 Å². The van der Waals surface area contributed by atoms with Gasteiger partial charge in [-0.3, -0.25) is 4.79 Å². The Labute approximate surface area is 192 Å². The number of hydrogen-bond acceptors (Lipinski definition) is 7. The molecule has 1 aliphatic heterocycles. The fourth-order valence-electron chi connectivity index (χ4n) is 3.51. The van der Waals surface area contributed by atoms with E-state index >= 15 is 0 Å². The van der Waals surface area contributed by atoms with Crippen LogP contribution in [0.5, 0.6) is 5.75 Å². The Bertz CT molecular complexity index is 978. The minimum absolute atomic E-state index is 0. The summed E-state index contributed by atoms with van der Waals surface area (Å²) in [5.74, 6) is -3.67. The first kappa shape index (κ1) is 28.0. The van der Waals surface area contributed by atoms with E-state index in [4.69, 9.17) is 4.74 Å². The zero-order chi connectivity index (χ0) is 21.6. The van der Waals surface area contributed by atoms with E-state index in [1.54, 1.807) is 18.9 Å². The van der Waals surface area contributed by atoms with Gasteiger partial charge in [0, 0.05) is 38.1 Å². The van der Waals surface area contributed by atoms with Crippen molar-refractivity contribution in [1.29, 1.82) is 0 Å². The van der Waals surface area contributed by atoms with Gasteiger partial charge >= 0.3 is 0 Å². The van der Waals surface area contributed by atoms with E-state index in [-0.39, 0.29) is 52.7 Å². The van der Waals surface area contributed by atoms with Crippen molar-refractivity contribution in [3.8, 4) is 5.75 Å². The Morgan fingerprint density at radius 1 is 1.18 bits per heavy atom. The average Bonchev–Trinajstić information content (AvgIpc) is 2.65. The topological polar surface area (TPSA) is 99.6 Å². The van der Waals surface area contributed by atoms with Crippen molar-refractivity contribution in [2.24, 2.45) is 0 Å². The van der Waals surface area contributed by atoms with Crippen LogP contribution in [0.3, 0.4) is 0 Å². The molecule has 11 heteroatoms. The van der Waals surface area contributed by atoms with Crippen LogP contribution in [0, 0.1) is 24.4 Å². The van der Waals surface area contributed by atoms with Crippen molar-refractivity contribution in [3.05, 3.63) is 35.3 Å². The number of carbonyl (C=O) groups is 1. The number of hydrogen-bond donors (Lipinski definition) is 3. The standard InChI is InChI=1S/C19H20F3N5O3.3CH4/c1-8-16-17(27(2)14(7-28)18(29)25-16)26-19(23-8)24-9-3-10(4-9)30-11-5-12(20)15(22)13(21)6-11;;;/h5-6,9-10,14,28H,3-4,7H2,1-2H3,(H,25,29)(H,23,24,26);3*1H4/t9?,10?,14-;;;/m1.../s1. The number of nitrogens with zero attached hydrogens (tertiary/aromatic N) is 3. The Morgan fingerprint density at radius 2 is 1.79 bits per heavy atom. The number of likely N-dealkylation sites (N-methyl/N-ethyl adjacent to an activating group) is 1. The van der Waals surface area contributed by atoms with Crippen LogP contribution in [-0.2, 0) is 4.79 Å². The summed E-state index contributed by atoms with van der Waals surface area (Å²) in [6, 6.07) is 0.866. The van der Waals surface area contributed by atoms with E-state index in [9.17, 15) is 23.1 Å². The van der Waals surface area contributed by atoms with E-state index in [1.807, 2.05) is 0 Å². The highest BCUT2D eigenvalue weighted by molar-refractivity contribution is 6.03. The molecule has 0 bridgehead atoms. The summed E-state index contributed by atoms with van der Waals surface area (Å²) >= 11 is 0. The Hall–Kier alpha value is -3.08. The fourth-order valence-corrected chi connectivity index (χ4v) is 3.51. The number of amides is 1. The molecular formula is C22H32F3N5O3. The van der Waals surface area contributed by atoms with Gasteiger partial charge in [0.05, 0.1) is 12.3 Å². The number of rotatable bonds is 5. The Balaban J connectivity index is 0.00000181. The first-order valence-corrected chi connectivity index (χ1v) is 9.37. The molecular weight excluding hydrogens is 439 g/mol. The van der Waals surface area contributed by atoms with Crippen LogP contribution in [0.4, 0.5) is 30.6 Å². The van der Waals surface area contributed by atoms with Crippen LogP contribution in [0.1, 0.15) is 40.8 Å². The van der Waals surface area contributed by atoms with Gasteiger partial charge in [-0.25, -0.2) is 18.2 Å². The second-order valence-corrected chi connectivity index (χ2v) is 7.38. The molecule has 33 heavy (non-hydrogen) atoms. The smallest absolute Gasteiger partial charge is 0.249 e. The molecule has 1 amide bonds. The summed E-state index contributed by atoms with van der Waals surface area (Å²) in [7, 11) is 1.67. The number of benzene rings is 1. The summed E-state index contributed by atoms with van der Waals surface area (Å²) in [4.78, 5) is 22.5. The summed E-state index contributed by atoms with van der Waals surface area (Å²) in [5, 5.41) is 15.3. The number of carbonyl (C=O) groups excluding carboxylic acids is 1. The third-order valence-electron chi connectivity index (χ3n) is 5.28.